The van der Waals surface area contributed by atoms with Gasteiger partial charge in [-0.15, -0.1) is 0 Å². The molecule has 5 rings (SSSR count). The van der Waals surface area contributed by atoms with Crippen LogP contribution < -0.4 is 5.32 Å². The zero-order chi connectivity index (χ0) is 24.0. The maximum atomic E-state index is 14.4. The van der Waals surface area contributed by atoms with E-state index in [0.29, 0.717) is 36.5 Å². The molecule has 3 aromatic rings. The van der Waals surface area contributed by atoms with Crippen molar-refractivity contribution in [2.24, 2.45) is 0 Å². The molecule has 0 aromatic carbocycles. The van der Waals surface area contributed by atoms with Gasteiger partial charge in [-0.2, -0.15) is 13.2 Å². The minimum absolute atomic E-state index is 0.0978. The molecule has 7 nitrogen and oxygen atoms in total. The summed E-state index contributed by atoms with van der Waals surface area (Å²) in [5, 5.41) is 2.92. The quantitative estimate of drug-likeness (QED) is 0.572. The third-order valence-electron chi connectivity index (χ3n) is 6.41. The van der Waals surface area contributed by atoms with Crippen molar-refractivity contribution in [2.75, 3.05) is 5.32 Å². The summed E-state index contributed by atoms with van der Waals surface area (Å²) in [6, 6.07) is 3.18. The summed E-state index contributed by atoms with van der Waals surface area (Å²) in [5.74, 6) is -1.22. The molecule has 2 saturated heterocycles. The number of alkyl halides is 3. The molecule has 2 aliphatic heterocycles. The van der Waals surface area contributed by atoms with Gasteiger partial charge in [0.2, 0.25) is 0 Å². The molecule has 11 heteroatoms. The molecular formula is C23H20F4N6O. The van der Waals surface area contributed by atoms with E-state index < -0.39 is 17.6 Å². The van der Waals surface area contributed by atoms with Crippen LogP contribution >= 0.6 is 0 Å². The fourth-order valence-electron chi connectivity index (χ4n) is 4.89. The van der Waals surface area contributed by atoms with Gasteiger partial charge in [-0.25, -0.2) is 19.3 Å². The predicted octanol–water partition coefficient (Wildman–Crippen LogP) is 4.26. The van der Waals surface area contributed by atoms with E-state index >= 15 is 0 Å². The van der Waals surface area contributed by atoms with Gasteiger partial charge in [0, 0.05) is 30.8 Å². The average Bonchev–Trinajstić information content (AvgIpc) is 3.37. The SMILES string of the molecule is Cc1ccnc(C(=O)N2[C@@H]3CC[C@H]2[C@H](Nc2ncc(C(F)(F)F)cc2F)C3)c1-c1ncccn1. The Bertz CT molecular complexity index is 1240. The van der Waals surface area contributed by atoms with E-state index in [9.17, 15) is 22.4 Å². The molecule has 176 valence electrons. The highest BCUT2D eigenvalue weighted by molar-refractivity contribution is 5.99. The lowest BCUT2D eigenvalue weighted by Crippen LogP contribution is -2.40. The minimum Gasteiger partial charge on any atom is -0.363 e. The van der Waals surface area contributed by atoms with E-state index in [4.69, 9.17) is 0 Å². The second-order valence-corrected chi connectivity index (χ2v) is 8.47. The zero-order valence-electron chi connectivity index (χ0n) is 18.1. The molecular weight excluding hydrogens is 452 g/mol. The van der Waals surface area contributed by atoms with Gasteiger partial charge in [-0.3, -0.25) is 9.78 Å². The smallest absolute Gasteiger partial charge is 0.363 e. The van der Waals surface area contributed by atoms with Gasteiger partial charge in [0.1, 0.15) is 5.69 Å². The van der Waals surface area contributed by atoms with E-state index in [1.807, 2.05) is 6.92 Å². The van der Waals surface area contributed by atoms with Crippen molar-refractivity contribution in [1.82, 2.24) is 24.8 Å². The largest absolute Gasteiger partial charge is 0.417 e. The van der Waals surface area contributed by atoms with Crippen LogP contribution in [-0.2, 0) is 6.18 Å². The minimum atomic E-state index is -4.68. The molecule has 34 heavy (non-hydrogen) atoms. The third kappa shape index (κ3) is 3.84. The van der Waals surface area contributed by atoms with E-state index in [2.05, 4.69) is 25.3 Å². The number of rotatable bonds is 4. The number of halogens is 4. The van der Waals surface area contributed by atoms with E-state index in [1.165, 1.54) is 0 Å². The number of fused-ring (bicyclic) bond motifs is 2. The number of nitrogens with one attached hydrogen (secondary N) is 1. The number of amides is 1. The molecule has 2 aliphatic rings. The average molecular weight is 472 g/mol. The van der Waals surface area contributed by atoms with E-state index in [-0.39, 0.29) is 35.5 Å². The molecule has 5 heterocycles. The molecule has 0 spiro atoms. The molecule has 0 radical (unpaired) electrons. The number of anilines is 1. The first-order valence-electron chi connectivity index (χ1n) is 10.8. The standard InChI is InChI=1S/C23H20F4N6O/c1-12-5-8-28-19(18(12)21-29-6-2-7-30-21)22(34)33-14-3-4-17(33)16(10-14)32-20-15(24)9-13(11-31-20)23(25,26)27/h2,5-9,11,14,16-17H,3-4,10H2,1H3,(H,31,32)/t14-,16-,17+/m1/s1. The Balaban J connectivity index is 1.41. The van der Waals surface area contributed by atoms with Gasteiger partial charge in [-0.1, -0.05) is 0 Å². The summed E-state index contributed by atoms with van der Waals surface area (Å²) < 4.78 is 52.8. The van der Waals surface area contributed by atoms with Gasteiger partial charge < -0.3 is 10.2 Å². The van der Waals surface area contributed by atoms with Crippen molar-refractivity contribution in [3.05, 3.63) is 65.6 Å². The first kappa shape index (κ1) is 22.2. The second kappa shape index (κ2) is 8.30. The van der Waals surface area contributed by atoms with Crippen molar-refractivity contribution in [3.63, 3.8) is 0 Å². The summed E-state index contributed by atoms with van der Waals surface area (Å²) in [5.41, 5.74) is 0.449. The topological polar surface area (TPSA) is 83.9 Å². The maximum absolute atomic E-state index is 14.4. The van der Waals surface area contributed by atoms with Crippen LogP contribution in [0.15, 0.2) is 43.0 Å². The Morgan fingerprint density at radius 2 is 1.88 bits per heavy atom. The van der Waals surface area contributed by atoms with Gasteiger partial charge in [0.05, 0.1) is 23.2 Å². The molecule has 2 fully saturated rings. The molecule has 0 unspecified atom stereocenters. The number of pyridine rings is 2. The Kier molecular flexibility index (Phi) is 5.41. The highest BCUT2D eigenvalue weighted by Gasteiger charge is 2.49. The van der Waals surface area contributed by atoms with Crippen LogP contribution in [0.5, 0.6) is 0 Å². The lowest BCUT2D eigenvalue weighted by molar-refractivity contribution is -0.138. The van der Waals surface area contributed by atoms with Crippen LogP contribution in [0.25, 0.3) is 11.4 Å². The van der Waals surface area contributed by atoms with Gasteiger partial charge >= 0.3 is 6.18 Å². The van der Waals surface area contributed by atoms with Crippen molar-refractivity contribution < 1.29 is 22.4 Å². The van der Waals surface area contributed by atoms with E-state index in [1.54, 1.807) is 35.6 Å². The van der Waals surface area contributed by atoms with Crippen LogP contribution in [0.2, 0.25) is 0 Å². The summed E-state index contributed by atoms with van der Waals surface area (Å²) >= 11 is 0. The molecule has 3 atom stereocenters. The Morgan fingerprint density at radius 3 is 2.59 bits per heavy atom. The monoisotopic (exact) mass is 472 g/mol. The first-order valence-corrected chi connectivity index (χ1v) is 10.8. The summed E-state index contributed by atoms with van der Waals surface area (Å²) in [4.78, 5) is 31.9. The summed E-state index contributed by atoms with van der Waals surface area (Å²) in [6.45, 7) is 1.85. The summed E-state index contributed by atoms with van der Waals surface area (Å²) in [7, 11) is 0. The second-order valence-electron chi connectivity index (χ2n) is 8.47. The number of nitrogens with zero attached hydrogens (tertiary/aromatic N) is 5. The fraction of sp³-hybridized carbons (Fsp3) is 0.348. The molecule has 3 aromatic heterocycles. The van der Waals surface area contributed by atoms with Crippen LogP contribution in [0, 0.1) is 12.7 Å². The van der Waals surface area contributed by atoms with Crippen molar-refractivity contribution in [3.8, 4) is 11.4 Å². The Hall–Kier alpha value is -3.63. The van der Waals surface area contributed by atoms with Crippen LogP contribution in [-0.4, -0.2) is 48.9 Å². The normalized spacial score (nSPS) is 21.7. The highest BCUT2D eigenvalue weighted by Crippen LogP contribution is 2.41. The van der Waals surface area contributed by atoms with Crippen molar-refractivity contribution >= 4 is 11.7 Å². The van der Waals surface area contributed by atoms with Crippen molar-refractivity contribution in [1.29, 1.82) is 0 Å². The molecule has 1 N–H and O–H groups in total. The lowest BCUT2D eigenvalue weighted by Gasteiger charge is -2.26. The number of carbonyl (C=O) groups is 1. The van der Waals surface area contributed by atoms with Gasteiger partial charge in [-0.05, 0) is 49.9 Å². The summed E-state index contributed by atoms with van der Waals surface area (Å²) in [6.07, 6.45) is 2.65. The zero-order valence-corrected chi connectivity index (χ0v) is 18.1. The van der Waals surface area contributed by atoms with Crippen LogP contribution in [0.3, 0.4) is 0 Å². The Labute approximate surface area is 192 Å². The number of hydrogen-bond acceptors (Lipinski definition) is 6. The van der Waals surface area contributed by atoms with Crippen molar-refractivity contribution in [2.45, 2.75) is 50.5 Å². The molecule has 1 amide bonds. The van der Waals surface area contributed by atoms with E-state index in [0.717, 1.165) is 12.0 Å². The number of aromatic nitrogens is 4. The number of hydrogen-bond donors (Lipinski definition) is 1. The van der Waals surface area contributed by atoms with Crippen LogP contribution in [0.1, 0.15) is 40.9 Å². The Morgan fingerprint density at radius 1 is 1.12 bits per heavy atom. The predicted molar refractivity (Wildman–Crippen MR) is 114 cm³/mol. The molecule has 0 saturated carbocycles. The number of carbonyl (C=O) groups excluding carboxylic acids is 1. The molecule has 0 aliphatic carbocycles. The number of aryl methyl sites for hydroxylation is 1. The highest BCUT2D eigenvalue weighted by atomic mass is 19.4. The maximum Gasteiger partial charge on any atom is 0.417 e. The van der Waals surface area contributed by atoms with Gasteiger partial charge in [0.15, 0.2) is 17.5 Å². The molecule has 2 bridgehead atoms. The first-order chi connectivity index (χ1) is 16.2. The third-order valence-corrected chi connectivity index (χ3v) is 6.41. The van der Waals surface area contributed by atoms with Gasteiger partial charge in [0.25, 0.3) is 5.91 Å². The lowest BCUT2D eigenvalue weighted by atomic mass is 9.95. The fourth-order valence-corrected chi connectivity index (χ4v) is 4.89. The van der Waals surface area contributed by atoms with Crippen LogP contribution in [0.4, 0.5) is 23.4 Å².